The molecule has 1 unspecified atom stereocenters. The molecule has 0 aromatic heterocycles. The van der Waals surface area contributed by atoms with E-state index >= 15 is 0 Å². The third kappa shape index (κ3) is 3.02. The van der Waals surface area contributed by atoms with Gasteiger partial charge >= 0.3 is 11.9 Å². The number of rotatable bonds is 3. The Morgan fingerprint density at radius 3 is 2.39 bits per heavy atom. The lowest BCUT2D eigenvalue weighted by Gasteiger charge is -2.54. The summed E-state index contributed by atoms with van der Waals surface area (Å²) < 4.78 is 5.32. The van der Waals surface area contributed by atoms with Crippen molar-refractivity contribution < 1.29 is 19.4 Å². The van der Waals surface area contributed by atoms with Gasteiger partial charge in [-0.15, -0.1) is 0 Å². The van der Waals surface area contributed by atoms with Crippen LogP contribution in [0, 0.1) is 0 Å². The van der Waals surface area contributed by atoms with Crippen LogP contribution in [-0.4, -0.2) is 46.2 Å². The molecule has 104 valence electrons. The summed E-state index contributed by atoms with van der Waals surface area (Å²) in [4.78, 5) is 24.1. The van der Waals surface area contributed by atoms with Gasteiger partial charge in [0.05, 0.1) is 5.54 Å². The van der Waals surface area contributed by atoms with Gasteiger partial charge in [-0.3, -0.25) is 14.5 Å². The molecule has 0 aliphatic carbocycles. The zero-order valence-corrected chi connectivity index (χ0v) is 11.8. The van der Waals surface area contributed by atoms with Gasteiger partial charge in [0.15, 0.2) is 0 Å². The summed E-state index contributed by atoms with van der Waals surface area (Å²) in [6, 6.07) is 0. The highest BCUT2D eigenvalue weighted by Crippen LogP contribution is 2.38. The van der Waals surface area contributed by atoms with Crippen molar-refractivity contribution in [2.75, 3.05) is 7.05 Å². The van der Waals surface area contributed by atoms with Crippen molar-refractivity contribution in [3.63, 3.8) is 0 Å². The van der Waals surface area contributed by atoms with Crippen molar-refractivity contribution in [3.8, 4) is 0 Å². The number of aliphatic carboxylic acids is 1. The summed E-state index contributed by atoms with van der Waals surface area (Å²) in [5, 5.41) is 8.57. The standard InChI is InChI=1S/C13H23NO4/c1-12(2)7-6-9(13(3,4)14(12)5)18-11(17)8-10(15)16/h9H,6-8H2,1-5H3,(H,15,16). The van der Waals surface area contributed by atoms with Gasteiger partial charge in [-0.05, 0) is 47.6 Å². The van der Waals surface area contributed by atoms with E-state index in [4.69, 9.17) is 9.84 Å². The van der Waals surface area contributed by atoms with Gasteiger partial charge in [-0.25, -0.2) is 0 Å². The third-order valence-electron chi connectivity index (χ3n) is 4.15. The van der Waals surface area contributed by atoms with Crippen LogP contribution in [0.15, 0.2) is 0 Å². The smallest absolute Gasteiger partial charge is 0.317 e. The van der Waals surface area contributed by atoms with Crippen molar-refractivity contribution in [1.29, 1.82) is 0 Å². The van der Waals surface area contributed by atoms with E-state index in [1.807, 2.05) is 20.9 Å². The molecule has 18 heavy (non-hydrogen) atoms. The molecule has 1 heterocycles. The molecule has 0 spiro atoms. The largest absolute Gasteiger partial charge is 0.481 e. The highest BCUT2D eigenvalue weighted by molar-refractivity contribution is 5.90. The Morgan fingerprint density at radius 1 is 1.33 bits per heavy atom. The summed E-state index contributed by atoms with van der Waals surface area (Å²) in [7, 11) is 2.01. The maximum Gasteiger partial charge on any atom is 0.317 e. The molecule has 1 aliphatic rings. The zero-order chi connectivity index (χ0) is 14.1. The van der Waals surface area contributed by atoms with Crippen LogP contribution < -0.4 is 0 Å². The van der Waals surface area contributed by atoms with Crippen molar-refractivity contribution in [3.05, 3.63) is 0 Å². The molecule has 1 atom stereocenters. The van der Waals surface area contributed by atoms with Crippen LogP contribution in [0.4, 0.5) is 0 Å². The molecule has 1 N–H and O–H groups in total. The molecule has 5 nitrogen and oxygen atoms in total. The van der Waals surface area contributed by atoms with Crippen LogP contribution in [0.5, 0.6) is 0 Å². The number of carbonyl (C=O) groups excluding carboxylic acids is 1. The minimum Gasteiger partial charge on any atom is -0.481 e. The van der Waals surface area contributed by atoms with Gasteiger partial charge in [0.1, 0.15) is 12.5 Å². The fourth-order valence-electron chi connectivity index (χ4n) is 2.53. The first-order valence-corrected chi connectivity index (χ1v) is 6.22. The molecule has 1 aliphatic heterocycles. The topological polar surface area (TPSA) is 66.8 Å². The summed E-state index contributed by atoms with van der Waals surface area (Å²) in [6.45, 7) is 8.35. The first kappa shape index (κ1) is 15.0. The summed E-state index contributed by atoms with van der Waals surface area (Å²) in [6.07, 6.45) is 0.843. The highest BCUT2D eigenvalue weighted by Gasteiger charge is 2.46. The second-order valence-electron chi connectivity index (χ2n) is 6.11. The van der Waals surface area contributed by atoms with Crippen molar-refractivity contribution >= 4 is 11.9 Å². The Balaban J connectivity index is 2.74. The van der Waals surface area contributed by atoms with Crippen LogP contribution in [0.25, 0.3) is 0 Å². The van der Waals surface area contributed by atoms with Crippen molar-refractivity contribution in [2.24, 2.45) is 0 Å². The highest BCUT2D eigenvalue weighted by atomic mass is 16.5. The van der Waals surface area contributed by atoms with Crippen molar-refractivity contribution in [2.45, 2.75) is 64.1 Å². The Bertz CT molecular complexity index is 349. The minimum absolute atomic E-state index is 0.0548. The van der Waals surface area contributed by atoms with Gasteiger partial charge in [0, 0.05) is 5.54 Å². The summed E-state index contributed by atoms with van der Waals surface area (Å²) >= 11 is 0. The Kier molecular flexibility index (Phi) is 4.05. The average molecular weight is 257 g/mol. The number of hydrogen-bond donors (Lipinski definition) is 1. The van der Waals surface area contributed by atoms with Gasteiger partial charge in [-0.2, -0.15) is 0 Å². The molecule has 1 fully saturated rings. The van der Waals surface area contributed by atoms with Crippen LogP contribution in [-0.2, 0) is 14.3 Å². The quantitative estimate of drug-likeness (QED) is 0.615. The fourth-order valence-corrected chi connectivity index (χ4v) is 2.53. The van der Waals surface area contributed by atoms with E-state index in [9.17, 15) is 9.59 Å². The molecule has 0 aromatic carbocycles. The molecule has 1 rings (SSSR count). The molecule has 5 heteroatoms. The Morgan fingerprint density at radius 2 is 1.89 bits per heavy atom. The van der Waals surface area contributed by atoms with Gasteiger partial charge in [-0.1, -0.05) is 0 Å². The fraction of sp³-hybridized carbons (Fsp3) is 0.846. The van der Waals surface area contributed by atoms with Gasteiger partial charge in [0.25, 0.3) is 0 Å². The number of carbonyl (C=O) groups is 2. The lowest BCUT2D eigenvalue weighted by Crippen LogP contribution is -2.63. The van der Waals surface area contributed by atoms with E-state index in [0.717, 1.165) is 12.8 Å². The average Bonchev–Trinajstić information content (AvgIpc) is 2.19. The first-order valence-electron chi connectivity index (χ1n) is 6.22. The monoisotopic (exact) mass is 257 g/mol. The first-order chi connectivity index (χ1) is 8.07. The minimum atomic E-state index is -1.15. The molecule has 0 amide bonds. The SMILES string of the molecule is CN1C(C)(C)CCC(OC(=O)CC(=O)O)C1(C)C. The predicted molar refractivity (Wildman–Crippen MR) is 67.3 cm³/mol. The number of hydrogen-bond acceptors (Lipinski definition) is 4. The number of esters is 1. The number of ether oxygens (including phenoxy) is 1. The normalized spacial score (nSPS) is 26.6. The predicted octanol–water partition coefficient (Wildman–Crippen LogP) is 1.66. The number of piperidine rings is 1. The molecule has 0 bridgehead atoms. The van der Waals surface area contributed by atoms with E-state index in [1.165, 1.54) is 0 Å². The van der Waals surface area contributed by atoms with Crippen LogP contribution in [0.1, 0.15) is 47.0 Å². The summed E-state index contributed by atoms with van der Waals surface area (Å²) in [5.41, 5.74) is -0.241. The summed E-state index contributed by atoms with van der Waals surface area (Å²) in [5.74, 6) is -1.81. The molecule has 0 radical (unpaired) electrons. The number of nitrogens with zero attached hydrogens (tertiary/aromatic N) is 1. The van der Waals surface area contributed by atoms with Gasteiger partial charge in [0.2, 0.25) is 0 Å². The molecule has 0 saturated carbocycles. The van der Waals surface area contributed by atoms with Crippen LogP contribution in [0.3, 0.4) is 0 Å². The van der Waals surface area contributed by atoms with E-state index in [-0.39, 0.29) is 17.2 Å². The van der Waals surface area contributed by atoms with Gasteiger partial charge < -0.3 is 9.84 Å². The lowest BCUT2D eigenvalue weighted by atomic mass is 9.78. The van der Waals surface area contributed by atoms with E-state index in [2.05, 4.69) is 18.7 Å². The lowest BCUT2D eigenvalue weighted by molar-refractivity contribution is -0.170. The number of carboxylic acids is 1. The maximum atomic E-state index is 11.5. The molecule has 0 aromatic rings. The number of carboxylic acid groups (broad SMARTS) is 1. The Labute approximate surface area is 108 Å². The molecular formula is C13H23NO4. The van der Waals surface area contributed by atoms with E-state index < -0.39 is 18.4 Å². The van der Waals surface area contributed by atoms with E-state index in [1.54, 1.807) is 0 Å². The molecular weight excluding hydrogens is 234 g/mol. The number of likely N-dealkylation sites (N-methyl/N-ethyl adjacent to an activating group) is 1. The van der Waals surface area contributed by atoms with Crippen LogP contribution in [0.2, 0.25) is 0 Å². The zero-order valence-electron chi connectivity index (χ0n) is 11.8. The Hall–Kier alpha value is -1.10. The molecule has 1 saturated heterocycles. The number of likely N-dealkylation sites (tertiary alicyclic amines) is 1. The second-order valence-corrected chi connectivity index (χ2v) is 6.11. The third-order valence-corrected chi connectivity index (χ3v) is 4.15. The van der Waals surface area contributed by atoms with Crippen LogP contribution >= 0.6 is 0 Å². The van der Waals surface area contributed by atoms with E-state index in [0.29, 0.717) is 0 Å². The van der Waals surface area contributed by atoms with Crippen molar-refractivity contribution in [1.82, 2.24) is 4.90 Å². The second kappa shape index (κ2) is 4.88. The maximum absolute atomic E-state index is 11.5.